The Balaban J connectivity index is 1.45. The van der Waals surface area contributed by atoms with Gasteiger partial charge in [0, 0.05) is 41.4 Å². The molecule has 162 valence electrons. The van der Waals surface area contributed by atoms with Crippen LogP contribution in [0.15, 0.2) is 29.6 Å². The van der Waals surface area contributed by atoms with E-state index in [9.17, 15) is 22.0 Å². The lowest BCUT2D eigenvalue weighted by Gasteiger charge is -2.21. The maximum Gasteiger partial charge on any atom is 0.226 e. The Labute approximate surface area is 179 Å². The van der Waals surface area contributed by atoms with Gasteiger partial charge in [0.05, 0.1) is 11.8 Å². The van der Waals surface area contributed by atoms with E-state index in [0.29, 0.717) is 37.9 Å². The fraction of sp³-hybridized carbons (Fsp3) is 0.476. The first-order valence-corrected chi connectivity index (χ1v) is 12.8. The van der Waals surface area contributed by atoms with E-state index in [0.717, 1.165) is 17.6 Å². The van der Waals surface area contributed by atoms with E-state index < -0.39 is 21.7 Å². The molecular formula is C21H24F2N2O3S2. The van der Waals surface area contributed by atoms with Crippen LogP contribution >= 0.6 is 11.3 Å². The summed E-state index contributed by atoms with van der Waals surface area (Å²) in [6.45, 7) is 1.11. The summed E-state index contributed by atoms with van der Waals surface area (Å²) in [6.07, 6.45) is 3.84. The van der Waals surface area contributed by atoms with Gasteiger partial charge in [-0.2, -0.15) is 0 Å². The number of nitrogens with zero attached hydrogens (tertiary/aromatic N) is 1. The summed E-state index contributed by atoms with van der Waals surface area (Å²) in [5, 5.41) is 1.81. The molecule has 5 nitrogen and oxygen atoms in total. The molecule has 1 amide bonds. The van der Waals surface area contributed by atoms with Crippen LogP contribution < -0.4 is 4.72 Å². The Bertz CT molecular complexity index is 1030. The van der Waals surface area contributed by atoms with Gasteiger partial charge in [-0.1, -0.05) is 6.07 Å². The van der Waals surface area contributed by atoms with E-state index >= 15 is 0 Å². The Morgan fingerprint density at radius 2 is 1.90 bits per heavy atom. The maximum absolute atomic E-state index is 14.3. The first kappa shape index (κ1) is 21.4. The highest BCUT2D eigenvalue weighted by Crippen LogP contribution is 2.53. The smallest absolute Gasteiger partial charge is 0.226 e. The van der Waals surface area contributed by atoms with Crippen molar-refractivity contribution in [3.8, 4) is 11.1 Å². The average Bonchev–Trinajstić information content (AvgIpc) is 3.37. The minimum Gasteiger partial charge on any atom is -0.342 e. The molecular weight excluding hydrogens is 430 g/mol. The summed E-state index contributed by atoms with van der Waals surface area (Å²) >= 11 is 1.43. The van der Waals surface area contributed by atoms with Gasteiger partial charge in [-0.15, -0.1) is 11.3 Å². The molecule has 4 rings (SSSR count). The number of carbonyl (C=O) groups is 1. The van der Waals surface area contributed by atoms with Gasteiger partial charge in [0.25, 0.3) is 0 Å². The van der Waals surface area contributed by atoms with Crippen LogP contribution in [0.5, 0.6) is 0 Å². The summed E-state index contributed by atoms with van der Waals surface area (Å²) < 4.78 is 54.1. The third-order valence-electron chi connectivity index (χ3n) is 5.79. The molecule has 2 aliphatic rings. The van der Waals surface area contributed by atoms with Crippen molar-refractivity contribution in [2.75, 3.05) is 19.3 Å². The van der Waals surface area contributed by atoms with Crippen molar-refractivity contribution in [1.82, 2.24) is 9.62 Å². The molecule has 1 aliphatic heterocycles. The molecule has 1 aliphatic carbocycles. The van der Waals surface area contributed by atoms with Crippen LogP contribution in [0.1, 0.15) is 36.5 Å². The monoisotopic (exact) mass is 454 g/mol. The minimum absolute atomic E-state index is 0.0281. The molecule has 0 unspecified atom stereocenters. The highest BCUT2D eigenvalue weighted by atomic mass is 32.2. The first-order chi connectivity index (χ1) is 14.2. The highest BCUT2D eigenvalue weighted by Gasteiger charge is 2.47. The molecule has 1 saturated carbocycles. The molecule has 1 saturated heterocycles. The Morgan fingerprint density at radius 1 is 1.17 bits per heavy atom. The third-order valence-corrected chi connectivity index (χ3v) is 7.60. The summed E-state index contributed by atoms with van der Waals surface area (Å²) in [7, 11) is -3.27. The van der Waals surface area contributed by atoms with Crippen molar-refractivity contribution >= 4 is 27.3 Å². The molecule has 0 radical (unpaired) electrons. The normalized spacial score (nSPS) is 24.5. The molecule has 1 aromatic carbocycles. The van der Waals surface area contributed by atoms with Crippen LogP contribution in [0, 0.1) is 17.6 Å². The maximum atomic E-state index is 14.3. The molecule has 2 heterocycles. The number of sulfonamides is 1. The fourth-order valence-electron chi connectivity index (χ4n) is 4.30. The minimum atomic E-state index is -3.27. The number of rotatable bonds is 5. The first-order valence-electron chi connectivity index (χ1n) is 10.0. The SMILES string of the molecule is CS(=O)(=O)N[C@@H]1CCCN(C(=O)[C@@H]2C[C@H]2c2sccc2-c2c(F)cccc2F)CC1. The number of hydrogen-bond donors (Lipinski definition) is 1. The van der Waals surface area contributed by atoms with E-state index in [1.807, 2.05) is 10.3 Å². The summed E-state index contributed by atoms with van der Waals surface area (Å²) in [4.78, 5) is 15.7. The zero-order chi connectivity index (χ0) is 21.5. The predicted molar refractivity (Wildman–Crippen MR) is 113 cm³/mol. The molecule has 2 fully saturated rings. The molecule has 30 heavy (non-hydrogen) atoms. The van der Waals surface area contributed by atoms with E-state index in [1.54, 1.807) is 6.07 Å². The number of benzene rings is 1. The van der Waals surface area contributed by atoms with Gasteiger partial charge in [0.2, 0.25) is 15.9 Å². The quantitative estimate of drug-likeness (QED) is 0.749. The standard InChI is InChI=1S/C21H24F2N2O3S2/c1-30(27,28)24-13-4-3-9-25(10-7-13)21(26)16-12-15(16)20-14(8-11-29-20)19-17(22)5-2-6-18(19)23/h2,5-6,8,11,13,15-16,24H,3-4,7,9-10,12H2,1H3/t13-,15-,16-/m1/s1. The van der Waals surface area contributed by atoms with E-state index in [1.165, 1.54) is 29.5 Å². The summed E-state index contributed by atoms with van der Waals surface area (Å²) in [5.41, 5.74) is 0.500. The zero-order valence-corrected chi connectivity index (χ0v) is 18.2. The molecule has 1 N–H and O–H groups in total. The number of likely N-dealkylation sites (tertiary alicyclic amines) is 1. The molecule has 2 aromatic rings. The van der Waals surface area contributed by atoms with Crippen molar-refractivity contribution in [2.45, 2.75) is 37.6 Å². The van der Waals surface area contributed by atoms with Crippen molar-refractivity contribution in [3.05, 3.63) is 46.2 Å². The number of thiophene rings is 1. The summed E-state index contributed by atoms with van der Waals surface area (Å²) in [6, 6.07) is 5.39. The van der Waals surface area contributed by atoms with Crippen molar-refractivity contribution in [3.63, 3.8) is 0 Å². The topological polar surface area (TPSA) is 66.5 Å². The van der Waals surface area contributed by atoms with Crippen LogP contribution in [0.25, 0.3) is 11.1 Å². The van der Waals surface area contributed by atoms with Gasteiger partial charge in [-0.05, 0) is 49.3 Å². The lowest BCUT2D eigenvalue weighted by Crippen LogP contribution is -2.36. The van der Waals surface area contributed by atoms with Crippen LogP contribution in [0.3, 0.4) is 0 Å². The van der Waals surface area contributed by atoms with Gasteiger partial charge in [0.15, 0.2) is 0 Å². The molecule has 0 spiro atoms. The number of amides is 1. The lowest BCUT2D eigenvalue weighted by molar-refractivity contribution is -0.132. The van der Waals surface area contributed by atoms with E-state index in [-0.39, 0.29) is 29.3 Å². The van der Waals surface area contributed by atoms with Gasteiger partial charge in [-0.25, -0.2) is 21.9 Å². The number of hydrogen-bond acceptors (Lipinski definition) is 4. The second-order valence-electron chi connectivity index (χ2n) is 8.09. The van der Waals surface area contributed by atoms with Crippen LogP contribution in [-0.2, 0) is 14.8 Å². The third kappa shape index (κ3) is 4.58. The second-order valence-corrected chi connectivity index (χ2v) is 10.8. The highest BCUT2D eigenvalue weighted by molar-refractivity contribution is 7.88. The average molecular weight is 455 g/mol. The van der Waals surface area contributed by atoms with E-state index in [2.05, 4.69) is 4.72 Å². The Hall–Kier alpha value is -1.84. The second kappa shape index (κ2) is 8.36. The predicted octanol–water partition coefficient (Wildman–Crippen LogP) is 3.73. The Kier molecular flexibility index (Phi) is 5.96. The van der Waals surface area contributed by atoms with Crippen molar-refractivity contribution in [1.29, 1.82) is 0 Å². The molecule has 0 bridgehead atoms. The van der Waals surface area contributed by atoms with Gasteiger partial charge >= 0.3 is 0 Å². The number of carbonyl (C=O) groups excluding carboxylic acids is 1. The summed E-state index contributed by atoms with van der Waals surface area (Å²) in [5.74, 6) is -1.37. The molecule has 1 aromatic heterocycles. The van der Waals surface area contributed by atoms with Crippen LogP contribution in [-0.4, -0.2) is 44.6 Å². The molecule has 9 heteroatoms. The van der Waals surface area contributed by atoms with Crippen LogP contribution in [0.2, 0.25) is 0 Å². The number of nitrogens with one attached hydrogen (secondary N) is 1. The van der Waals surface area contributed by atoms with Gasteiger partial charge in [-0.3, -0.25) is 4.79 Å². The van der Waals surface area contributed by atoms with Crippen molar-refractivity contribution < 1.29 is 22.0 Å². The largest absolute Gasteiger partial charge is 0.342 e. The molecule has 3 atom stereocenters. The van der Waals surface area contributed by atoms with Crippen LogP contribution in [0.4, 0.5) is 8.78 Å². The Morgan fingerprint density at radius 3 is 2.60 bits per heavy atom. The van der Waals surface area contributed by atoms with Crippen molar-refractivity contribution in [2.24, 2.45) is 5.92 Å². The fourth-order valence-corrected chi connectivity index (χ4v) is 6.22. The zero-order valence-electron chi connectivity index (χ0n) is 16.6. The lowest BCUT2D eigenvalue weighted by atomic mass is 10.0. The van der Waals surface area contributed by atoms with Gasteiger partial charge in [0.1, 0.15) is 11.6 Å². The van der Waals surface area contributed by atoms with Gasteiger partial charge < -0.3 is 4.90 Å². The number of halogens is 2. The van der Waals surface area contributed by atoms with E-state index in [4.69, 9.17) is 0 Å².